The van der Waals surface area contributed by atoms with Crippen LogP contribution in [0.15, 0.2) is 24.3 Å². The van der Waals surface area contributed by atoms with Crippen LogP contribution in [0.1, 0.15) is 13.8 Å². The summed E-state index contributed by atoms with van der Waals surface area (Å²) in [4.78, 5) is 11.5. The van der Waals surface area contributed by atoms with Gasteiger partial charge in [-0.2, -0.15) is 0 Å². The molecule has 100 valence electrons. The van der Waals surface area contributed by atoms with E-state index in [0.29, 0.717) is 18.8 Å². The zero-order chi connectivity index (χ0) is 13.5. The fourth-order valence-electron chi connectivity index (χ4n) is 1.31. The molecular formula is C13H19FN2O2. The van der Waals surface area contributed by atoms with Crippen molar-refractivity contribution in [1.82, 2.24) is 5.32 Å². The van der Waals surface area contributed by atoms with E-state index in [-0.39, 0.29) is 23.7 Å². The minimum atomic E-state index is -0.305. The van der Waals surface area contributed by atoms with Crippen molar-refractivity contribution in [1.29, 1.82) is 0 Å². The number of benzene rings is 1. The lowest BCUT2D eigenvalue weighted by atomic mass is 10.1. The van der Waals surface area contributed by atoms with E-state index in [1.165, 1.54) is 12.1 Å². The largest absolute Gasteiger partial charge is 0.489 e. The SMILES string of the molecule is CC(CNC(=O)C(C)CN)Oc1ccc(F)cc1. The molecule has 0 aromatic heterocycles. The van der Waals surface area contributed by atoms with Crippen LogP contribution in [-0.4, -0.2) is 25.1 Å². The van der Waals surface area contributed by atoms with E-state index >= 15 is 0 Å². The molecule has 0 bridgehead atoms. The van der Waals surface area contributed by atoms with Gasteiger partial charge in [0.05, 0.1) is 6.54 Å². The summed E-state index contributed by atoms with van der Waals surface area (Å²) < 4.78 is 18.2. The first kappa shape index (κ1) is 14.4. The monoisotopic (exact) mass is 254 g/mol. The average Bonchev–Trinajstić information content (AvgIpc) is 2.37. The number of nitrogens with one attached hydrogen (secondary N) is 1. The van der Waals surface area contributed by atoms with E-state index < -0.39 is 0 Å². The molecule has 1 aromatic carbocycles. The Morgan fingerprint density at radius 1 is 1.39 bits per heavy atom. The lowest BCUT2D eigenvalue weighted by Crippen LogP contribution is -2.38. The molecule has 2 unspecified atom stereocenters. The van der Waals surface area contributed by atoms with Gasteiger partial charge in [-0.25, -0.2) is 4.39 Å². The van der Waals surface area contributed by atoms with E-state index in [2.05, 4.69) is 5.32 Å². The fraction of sp³-hybridized carbons (Fsp3) is 0.462. The van der Waals surface area contributed by atoms with E-state index in [0.717, 1.165) is 0 Å². The summed E-state index contributed by atoms with van der Waals surface area (Å²) in [5.41, 5.74) is 5.39. The van der Waals surface area contributed by atoms with Gasteiger partial charge in [-0.15, -0.1) is 0 Å². The molecule has 0 saturated carbocycles. The topological polar surface area (TPSA) is 64.4 Å². The van der Waals surface area contributed by atoms with Crippen molar-refractivity contribution >= 4 is 5.91 Å². The third kappa shape index (κ3) is 4.71. The number of carbonyl (C=O) groups excluding carboxylic acids is 1. The number of hydrogen-bond acceptors (Lipinski definition) is 3. The van der Waals surface area contributed by atoms with Gasteiger partial charge in [-0.05, 0) is 31.2 Å². The third-order valence-electron chi connectivity index (χ3n) is 2.52. The zero-order valence-electron chi connectivity index (χ0n) is 10.7. The minimum absolute atomic E-state index is 0.0907. The Bertz CT molecular complexity index is 381. The smallest absolute Gasteiger partial charge is 0.224 e. The maximum Gasteiger partial charge on any atom is 0.224 e. The van der Waals surface area contributed by atoms with E-state index in [1.54, 1.807) is 19.1 Å². The number of carbonyl (C=O) groups is 1. The molecule has 0 aliphatic rings. The van der Waals surface area contributed by atoms with Crippen LogP contribution in [-0.2, 0) is 4.79 Å². The normalized spacial score (nSPS) is 13.8. The van der Waals surface area contributed by atoms with E-state index in [4.69, 9.17) is 10.5 Å². The minimum Gasteiger partial charge on any atom is -0.489 e. The molecule has 2 atom stereocenters. The Kier molecular flexibility index (Phi) is 5.58. The Labute approximate surface area is 106 Å². The summed E-state index contributed by atoms with van der Waals surface area (Å²) in [6, 6.07) is 5.76. The highest BCUT2D eigenvalue weighted by Gasteiger charge is 2.12. The highest BCUT2D eigenvalue weighted by Crippen LogP contribution is 2.12. The number of rotatable bonds is 6. The third-order valence-corrected chi connectivity index (χ3v) is 2.52. The fourth-order valence-corrected chi connectivity index (χ4v) is 1.31. The van der Waals surface area contributed by atoms with Crippen LogP contribution in [0.5, 0.6) is 5.75 Å². The van der Waals surface area contributed by atoms with Crippen LogP contribution < -0.4 is 15.8 Å². The van der Waals surface area contributed by atoms with Crippen molar-refractivity contribution in [3.63, 3.8) is 0 Å². The van der Waals surface area contributed by atoms with Crippen molar-refractivity contribution < 1.29 is 13.9 Å². The Balaban J connectivity index is 2.35. The first-order valence-corrected chi connectivity index (χ1v) is 5.93. The van der Waals surface area contributed by atoms with Gasteiger partial charge in [0.1, 0.15) is 17.7 Å². The van der Waals surface area contributed by atoms with Crippen molar-refractivity contribution in [3.8, 4) is 5.75 Å². The molecule has 1 amide bonds. The molecule has 4 nitrogen and oxygen atoms in total. The van der Waals surface area contributed by atoms with Crippen molar-refractivity contribution in [2.24, 2.45) is 11.7 Å². The van der Waals surface area contributed by atoms with Gasteiger partial charge in [-0.1, -0.05) is 6.92 Å². The molecule has 0 aliphatic carbocycles. The van der Waals surface area contributed by atoms with Gasteiger partial charge in [0, 0.05) is 12.5 Å². The molecule has 5 heteroatoms. The van der Waals surface area contributed by atoms with Gasteiger partial charge in [0.25, 0.3) is 0 Å². The molecule has 18 heavy (non-hydrogen) atoms. The van der Waals surface area contributed by atoms with Crippen molar-refractivity contribution in [3.05, 3.63) is 30.1 Å². The summed E-state index contributed by atoms with van der Waals surface area (Å²) >= 11 is 0. The second kappa shape index (κ2) is 6.96. The summed E-state index contributed by atoms with van der Waals surface area (Å²) in [5.74, 6) is -0.0276. The van der Waals surface area contributed by atoms with Gasteiger partial charge in [0.15, 0.2) is 0 Å². The highest BCUT2D eigenvalue weighted by molar-refractivity contribution is 5.78. The number of hydrogen-bond donors (Lipinski definition) is 2. The van der Waals surface area contributed by atoms with Crippen molar-refractivity contribution in [2.45, 2.75) is 20.0 Å². The molecule has 0 spiro atoms. The first-order chi connectivity index (χ1) is 8.52. The van der Waals surface area contributed by atoms with Crippen LogP contribution in [0.4, 0.5) is 4.39 Å². The van der Waals surface area contributed by atoms with E-state index in [1.807, 2.05) is 6.92 Å². The molecule has 0 aliphatic heterocycles. The molecule has 0 radical (unpaired) electrons. The van der Waals surface area contributed by atoms with Crippen LogP contribution in [0.3, 0.4) is 0 Å². The number of amides is 1. The molecule has 3 N–H and O–H groups in total. The van der Waals surface area contributed by atoms with Gasteiger partial charge >= 0.3 is 0 Å². The van der Waals surface area contributed by atoms with Crippen LogP contribution in [0.2, 0.25) is 0 Å². The van der Waals surface area contributed by atoms with Crippen molar-refractivity contribution in [2.75, 3.05) is 13.1 Å². The van der Waals surface area contributed by atoms with Crippen LogP contribution >= 0.6 is 0 Å². The number of nitrogens with two attached hydrogens (primary N) is 1. The quantitative estimate of drug-likeness (QED) is 0.804. The first-order valence-electron chi connectivity index (χ1n) is 5.93. The average molecular weight is 254 g/mol. The summed E-state index contributed by atoms with van der Waals surface area (Å²) in [7, 11) is 0. The maximum absolute atomic E-state index is 12.7. The maximum atomic E-state index is 12.7. The number of halogens is 1. The molecule has 1 aromatic rings. The Morgan fingerprint density at radius 3 is 2.56 bits per heavy atom. The van der Waals surface area contributed by atoms with Gasteiger partial charge < -0.3 is 15.8 Å². The van der Waals surface area contributed by atoms with Gasteiger partial charge in [0.2, 0.25) is 5.91 Å². The summed E-state index contributed by atoms with van der Waals surface area (Å²) in [5, 5.41) is 2.75. The highest BCUT2D eigenvalue weighted by atomic mass is 19.1. The molecule has 1 rings (SSSR count). The Morgan fingerprint density at radius 2 is 2.00 bits per heavy atom. The standard InChI is InChI=1S/C13H19FN2O2/c1-9(7-15)13(17)16-8-10(2)18-12-5-3-11(14)4-6-12/h3-6,9-10H,7-8,15H2,1-2H3,(H,16,17). The predicted molar refractivity (Wildman–Crippen MR) is 67.7 cm³/mol. The second-order valence-electron chi connectivity index (χ2n) is 4.26. The Hall–Kier alpha value is -1.62. The zero-order valence-corrected chi connectivity index (χ0v) is 10.7. The van der Waals surface area contributed by atoms with Crippen LogP contribution in [0.25, 0.3) is 0 Å². The predicted octanol–water partition coefficient (Wildman–Crippen LogP) is 1.30. The molecule has 0 fully saturated rings. The molecule has 0 saturated heterocycles. The molecular weight excluding hydrogens is 235 g/mol. The van der Waals surface area contributed by atoms with E-state index in [9.17, 15) is 9.18 Å². The van der Waals surface area contributed by atoms with Crippen LogP contribution in [0, 0.1) is 11.7 Å². The van der Waals surface area contributed by atoms with Gasteiger partial charge in [-0.3, -0.25) is 4.79 Å². The molecule has 0 heterocycles. The summed E-state index contributed by atoms with van der Waals surface area (Å²) in [6.07, 6.45) is -0.190. The second-order valence-corrected chi connectivity index (χ2v) is 4.26. The lowest BCUT2D eigenvalue weighted by Gasteiger charge is -2.16. The summed E-state index contributed by atoms with van der Waals surface area (Å²) in [6.45, 7) is 4.30. The lowest BCUT2D eigenvalue weighted by molar-refractivity contribution is -0.124. The number of ether oxygens (including phenoxy) is 1.